The fourth-order valence-electron chi connectivity index (χ4n) is 1.59. The molecule has 0 bridgehead atoms. The van der Waals surface area contributed by atoms with E-state index in [-0.39, 0.29) is 4.90 Å². The van der Waals surface area contributed by atoms with Gasteiger partial charge in [-0.2, -0.15) is 0 Å². The van der Waals surface area contributed by atoms with E-state index in [0.29, 0.717) is 24.0 Å². The van der Waals surface area contributed by atoms with Gasteiger partial charge in [0.15, 0.2) is 0 Å². The minimum Gasteiger partial charge on any atom is -0.313 e. The summed E-state index contributed by atoms with van der Waals surface area (Å²) in [5.41, 5.74) is 0.792. The lowest BCUT2D eigenvalue weighted by atomic mass is 10.1. The van der Waals surface area contributed by atoms with Crippen LogP contribution in [0, 0.1) is 5.92 Å². The third kappa shape index (κ3) is 5.05. The maximum atomic E-state index is 12.2. The lowest BCUT2D eigenvalue weighted by Crippen LogP contribution is -2.28. The van der Waals surface area contributed by atoms with E-state index < -0.39 is 10.0 Å². The molecule has 0 heterocycles. The average Bonchev–Trinajstić information content (AvgIpc) is 2.43. The van der Waals surface area contributed by atoms with Crippen LogP contribution in [0.25, 0.3) is 0 Å². The van der Waals surface area contributed by atoms with Gasteiger partial charge in [-0.05, 0) is 36.2 Å². The van der Waals surface area contributed by atoms with Crippen molar-refractivity contribution in [2.45, 2.75) is 38.6 Å². The summed E-state index contributed by atoms with van der Waals surface area (Å²) < 4.78 is 27.1. The summed E-state index contributed by atoms with van der Waals surface area (Å²) in [4.78, 5) is 0.262. The van der Waals surface area contributed by atoms with Gasteiger partial charge in [-0.1, -0.05) is 38.8 Å². The zero-order valence-corrected chi connectivity index (χ0v) is 13.8. The molecular weight excluding hydrogens is 296 g/mol. The van der Waals surface area contributed by atoms with Crippen LogP contribution in [-0.4, -0.2) is 21.5 Å². The van der Waals surface area contributed by atoms with E-state index in [4.69, 9.17) is 11.6 Å². The minimum atomic E-state index is -3.47. The Bertz CT molecular complexity index is 532. The Morgan fingerprint density at radius 1 is 1.30 bits per heavy atom. The van der Waals surface area contributed by atoms with Gasteiger partial charge < -0.3 is 5.32 Å². The van der Waals surface area contributed by atoms with E-state index in [2.05, 4.69) is 10.0 Å². The highest BCUT2D eigenvalue weighted by Gasteiger charge is 2.16. The molecule has 0 saturated carbocycles. The average molecular weight is 319 g/mol. The lowest BCUT2D eigenvalue weighted by Gasteiger charge is -2.12. The van der Waals surface area contributed by atoms with Crippen LogP contribution in [0.2, 0.25) is 5.02 Å². The summed E-state index contributed by atoms with van der Waals surface area (Å²) in [6.45, 7) is 7.85. The van der Waals surface area contributed by atoms with Crippen molar-refractivity contribution in [3.05, 3.63) is 28.8 Å². The van der Waals surface area contributed by atoms with Crippen LogP contribution in [0.4, 0.5) is 0 Å². The second-order valence-electron chi connectivity index (χ2n) is 4.90. The fraction of sp³-hybridized carbons (Fsp3) is 0.571. The summed E-state index contributed by atoms with van der Waals surface area (Å²) in [6.07, 6.45) is 0.939. The van der Waals surface area contributed by atoms with E-state index in [0.717, 1.165) is 18.5 Å². The van der Waals surface area contributed by atoms with Gasteiger partial charge in [-0.15, -0.1) is 0 Å². The summed E-state index contributed by atoms with van der Waals surface area (Å²) in [7, 11) is -3.47. The number of benzene rings is 1. The Morgan fingerprint density at radius 3 is 2.60 bits per heavy atom. The number of nitrogens with one attached hydrogen (secondary N) is 2. The highest BCUT2D eigenvalue weighted by atomic mass is 35.5. The van der Waals surface area contributed by atoms with Gasteiger partial charge in [-0.3, -0.25) is 0 Å². The van der Waals surface area contributed by atoms with E-state index in [9.17, 15) is 8.42 Å². The Morgan fingerprint density at radius 2 is 2.00 bits per heavy atom. The summed E-state index contributed by atoms with van der Waals surface area (Å²) >= 11 is 6.08. The third-order valence-electron chi connectivity index (χ3n) is 3.21. The molecule has 0 aliphatic carbocycles. The molecule has 1 rings (SSSR count). The number of rotatable bonds is 8. The van der Waals surface area contributed by atoms with Crippen LogP contribution < -0.4 is 10.0 Å². The molecule has 0 spiro atoms. The smallest absolute Gasteiger partial charge is 0.240 e. The largest absolute Gasteiger partial charge is 0.313 e. The van der Waals surface area contributed by atoms with E-state index in [1.54, 1.807) is 12.1 Å². The third-order valence-corrected chi connectivity index (χ3v) is 5.00. The van der Waals surface area contributed by atoms with Crippen LogP contribution in [0.3, 0.4) is 0 Å². The molecule has 1 atom stereocenters. The molecule has 1 aromatic carbocycles. The van der Waals surface area contributed by atoms with Gasteiger partial charge in [0.25, 0.3) is 0 Å². The first kappa shape index (κ1) is 17.4. The van der Waals surface area contributed by atoms with E-state index in [1.165, 1.54) is 6.07 Å². The highest BCUT2D eigenvalue weighted by molar-refractivity contribution is 7.89. The van der Waals surface area contributed by atoms with E-state index in [1.807, 2.05) is 20.8 Å². The second-order valence-corrected chi connectivity index (χ2v) is 7.07. The fourth-order valence-corrected chi connectivity index (χ4v) is 2.99. The molecule has 0 fully saturated rings. The molecular formula is C14H23ClN2O2S. The maximum Gasteiger partial charge on any atom is 0.240 e. The molecule has 0 amide bonds. The Hall–Kier alpha value is -0.620. The van der Waals surface area contributed by atoms with Gasteiger partial charge >= 0.3 is 0 Å². The number of halogens is 1. The molecule has 4 nitrogen and oxygen atoms in total. The van der Waals surface area contributed by atoms with Crippen LogP contribution in [0.15, 0.2) is 23.1 Å². The normalized spacial score (nSPS) is 13.4. The maximum absolute atomic E-state index is 12.2. The number of hydrogen-bond donors (Lipinski definition) is 2. The SMILES string of the molecule is CCNCc1cc(S(=O)(=O)NCC(C)CC)ccc1Cl. The first-order chi connectivity index (χ1) is 9.40. The van der Waals surface area contributed by atoms with Gasteiger partial charge in [0, 0.05) is 18.1 Å². The second kappa shape index (κ2) is 7.98. The van der Waals surface area contributed by atoms with E-state index >= 15 is 0 Å². The van der Waals surface area contributed by atoms with Crippen LogP contribution in [0.5, 0.6) is 0 Å². The van der Waals surface area contributed by atoms with Crippen molar-refractivity contribution in [3.8, 4) is 0 Å². The zero-order chi connectivity index (χ0) is 15.2. The van der Waals surface area contributed by atoms with Gasteiger partial charge in [0.1, 0.15) is 0 Å². The molecule has 1 aromatic rings. The molecule has 1 unspecified atom stereocenters. The van der Waals surface area contributed by atoms with Crippen molar-refractivity contribution in [2.24, 2.45) is 5.92 Å². The first-order valence-corrected chi connectivity index (χ1v) is 8.75. The zero-order valence-electron chi connectivity index (χ0n) is 12.2. The predicted octanol–water partition coefficient (Wildman–Crippen LogP) is 2.77. The number of sulfonamides is 1. The monoisotopic (exact) mass is 318 g/mol. The molecule has 0 aliphatic heterocycles. The van der Waals surface area contributed by atoms with Crippen molar-refractivity contribution in [1.82, 2.24) is 10.0 Å². The van der Waals surface area contributed by atoms with Crippen molar-refractivity contribution in [2.75, 3.05) is 13.1 Å². The molecule has 2 N–H and O–H groups in total. The van der Waals surface area contributed by atoms with Crippen molar-refractivity contribution in [3.63, 3.8) is 0 Å². The number of hydrogen-bond acceptors (Lipinski definition) is 3. The van der Waals surface area contributed by atoms with Gasteiger partial charge in [0.2, 0.25) is 10.0 Å². The molecule has 0 aromatic heterocycles. The van der Waals surface area contributed by atoms with Crippen molar-refractivity contribution in [1.29, 1.82) is 0 Å². The molecule has 0 saturated heterocycles. The molecule has 20 heavy (non-hydrogen) atoms. The van der Waals surface area contributed by atoms with Gasteiger partial charge in [0.05, 0.1) is 4.90 Å². The summed E-state index contributed by atoms with van der Waals surface area (Å²) in [6, 6.07) is 4.80. The molecule has 0 aliphatic rings. The standard InChI is InChI=1S/C14H23ClN2O2S/c1-4-11(3)9-17-20(18,19)13-6-7-14(15)12(8-13)10-16-5-2/h6-8,11,16-17H,4-5,9-10H2,1-3H3. The Labute approximate surface area is 127 Å². The molecule has 6 heteroatoms. The lowest BCUT2D eigenvalue weighted by molar-refractivity contribution is 0.528. The van der Waals surface area contributed by atoms with Crippen LogP contribution in [0.1, 0.15) is 32.8 Å². The van der Waals surface area contributed by atoms with Crippen LogP contribution >= 0.6 is 11.6 Å². The predicted molar refractivity (Wildman–Crippen MR) is 83.5 cm³/mol. The quantitative estimate of drug-likeness (QED) is 0.775. The van der Waals surface area contributed by atoms with Crippen molar-refractivity contribution >= 4 is 21.6 Å². The van der Waals surface area contributed by atoms with Crippen molar-refractivity contribution < 1.29 is 8.42 Å². The van der Waals surface area contributed by atoms with Gasteiger partial charge in [-0.25, -0.2) is 13.1 Å². The van der Waals surface area contributed by atoms with Crippen LogP contribution in [-0.2, 0) is 16.6 Å². The summed E-state index contributed by atoms with van der Waals surface area (Å²) in [5.74, 6) is 0.318. The Kier molecular flexibility index (Phi) is 6.95. The topological polar surface area (TPSA) is 58.2 Å². The Balaban J connectivity index is 2.89. The summed E-state index contributed by atoms with van der Waals surface area (Å²) in [5, 5.41) is 3.72. The molecule has 114 valence electrons. The minimum absolute atomic E-state index is 0.262. The first-order valence-electron chi connectivity index (χ1n) is 6.89. The highest BCUT2D eigenvalue weighted by Crippen LogP contribution is 2.20. The molecule has 0 radical (unpaired) electrons.